The Hall–Kier alpha value is -2.46. The topological polar surface area (TPSA) is 84.3 Å². The van der Waals surface area contributed by atoms with E-state index < -0.39 is 22.3 Å². The van der Waals surface area contributed by atoms with Crippen LogP contribution in [0.3, 0.4) is 0 Å². The van der Waals surface area contributed by atoms with Crippen LogP contribution < -0.4 is 10.6 Å². The molecule has 2 N–H and O–H groups in total. The fourth-order valence-electron chi connectivity index (χ4n) is 1.21. The third kappa shape index (κ3) is 4.19. The Labute approximate surface area is 102 Å². The van der Waals surface area contributed by atoms with Crippen LogP contribution in [0.25, 0.3) is 0 Å². The molecule has 0 heterocycles. The minimum atomic E-state index is -0.795. The van der Waals surface area contributed by atoms with Crippen LogP contribution in [0, 0.1) is 28.3 Å². The lowest BCUT2D eigenvalue weighted by atomic mass is 10.2. The number of hydrogen-bond donors (Lipinski definition) is 2. The lowest BCUT2D eigenvalue weighted by molar-refractivity contribution is -0.385. The van der Waals surface area contributed by atoms with Crippen molar-refractivity contribution in [1.82, 2.24) is 5.32 Å². The van der Waals surface area contributed by atoms with E-state index in [1.807, 2.05) is 0 Å². The second kappa shape index (κ2) is 6.32. The van der Waals surface area contributed by atoms with E-state index in [1.165, 1.54) is 0 Å². The lowest BCUT2D eigenvalue weighted by Crippen LogP contribution is -2.28. The van der Waals surface area contributed by atoms with Crippen LogP contribution >= 0.6 is 0 Å². The van der Waals surface area contributed by atoms with Gasteiger partial charge < -0.3 is 5.32 Å². The minimum Gasteiger partial charge on any atom is -0.325 e. The molecule has 0 fully saturated rings. The molecule has 1 aromatic carbocycles. The maximum Gasteiger partial charge on any atom is 0.274 e. The molecule has 1 aromatic rings. The number of benzene rings is 1. The zero-order chi connectivity index (χ0) is 13.5. The Kier molecular flexibility index (Phi) is 4.78. The van der Waals surface area contributed by atoms with Crippen LogP contribution in [-0.2, 0) is 4.79 Å². The van der Waals surface area contributed by atoms with E-state index >= 15 is 0 Å². The largest absolute Gasteiger partial charge is 0.325 e. The summed E-state index contributed by atoms with van der Waals surface area (Å²) in [5.41, 5.74) is -0.406. The van der Waals surface area contributed by atoms with Gasteiger partial charge in [0.1, 0.15) is 5.82 Å². The number of carbonyl (C=O) groups excluding carboxylic acids is 1. The average Bonchev–Trinajstić information content (AvgIpc) is 2.28. The van der Waals surface area contributed by atoms with Crippen LogP contribution in [0.1, 0.15) is 0 Å². The van der Waals surface area contributed by atoms with Gasteiger partial charge in [0, 0.05) is 6.07 Å². The number of amides is 1. The molecular weight excluding hydrogens is 241 g/mol. The second-order valence-electron chi connectivity index (χ2n) is 3.31. The van der Waals surface area contributed by atoms with Crippen molar-refractivity contribution in [2.24, 2.45) is 0 Å². The highest BCUT2D eigenvalue weighted by Gasteiger charge is 2.11. The molecule has 0 saturated carbocycles. The zero-order valence-corrected chi connectivity index (χ0v) is 9.27. The van der Waals surface area contributed by atoms with Gasteiger partial charge in [-0.25, -0.2) is 4.39 Å². The first kappa shape index (κ1) is 13.6. The third-order valence-electron chi connectivity index (χ3n) is 1.89. The van der Waals surface area contributed by atoms with Gasteiger partial charge in [-0.1, -0.05) is 5.92 Å². The van der Waals surface area contributed by atoms with Crippen molar-refractivity contribution in [3.63, 3.8) is 0 Å². The van der Waals surface area contributed by atoms with Crippen LogP contribution in [0.4, 0.5) is 15.8 Å². The number of nitro benzene ring substituents is 1. The molecule has 0 aliphatic rings. The lowest BCUT2D eigenvalue weighted by Gasteiger charge is -2.05. The summed E-state index contributed by atoms with van der Waals surface area (Å²) < 4.78 is 13.0. The summed E-state index contributed by atoms with van der Waals surface area (Å²) in [4.78, 5) is 21.1. The molecule has 0 aliphatic heterocycles. The number of nitrogens with zero attached hydrogens (tertiary/aromatic N) is 1. The second-order valence-corrected chi connectivity index (χ2v) is 3.31. The van der Waals surface area contributed by atoms with E-state index in [0.29, 0.717) is 0 Å². The maximum atomic E-state index is 13.0. The van der Waals surface area contributed by atoms with Gasteiger partial charge in [-0.05, 0) is 6.07 Å². The normalized spacial score (nSPS) is 9.56. The van der Waals surface area contributed by atoms with Gasteiger partial charge in [0.05, 0.1) is 29.8 Å². The molecule has 0 unspecified atom stereocenters. The maximum absolute atomic E-state index is 13.0. The molecule has 0 spiro atoms. The number of nitro groups is 1. The van der Waals surface area contributed by atoms with Crippen LogP contribution in [-0.4, -0.2) is 23.9 Å². The molecule has 18 heavy (non-hydrogen) atoms. The van der Waals surface area contributed by atoms with Crippen LogP contribution in [0.5, 0.6) is 0 Å². The summed E-state index contributed by atoms with van der Waals surface area (Å²) >= 11 is 0. The van der Waals surface area contributed by atoms with E-state index in [2.05, 4.69) is 16.6 Å². The molecule has 1 amide bonds. The first-order valence-corrected chi connectivity index (χ1v) is 4.92. The van der Waals surface area contributed by atoms with Gasteiger partial charge >= 0.3 is 0 Å². The number of non-ortho nitro benzene ring substituents is 1. The van der Waals surface area contributed by atoms with Gasteiger partial charge in [0.2, 0.25) is 5.91 Å². The van der Waals surface area contributed by atoms with E-state index in [4.69, 9.17) is 6.42 Å². The predicted molar refractivity (Wildman–Crippen MR) is 63.4 cm³/mol. The molecule has 0 bridgehead atoms. The molecule has 0 aliphatic carbocycles. The van der Waals surface area contributed by atoms with E-state index in [0.717, 1.165) is 18.2 Å². The smallest absolute Gasteiger partial charge is 0.274 e. The quantitative estimate of drug-likeness (QED) is 0.352. The van der Waals surface area contributed by atoms with Crippen molar-refractivity contribution in [2.75, 3.05) is 18.4 Å². The van der Waals surface area contributed by atoms with Gasteiger partial charge in [-0.3, -0.25) is 20.2 Å². The summed E-state index contributed by atoms with van der Waals surface area (Å²) in [6, 6.07) is 2.83. The summed E-state index contributed by atoms with van der Waals surface area (Å²) in [7, 11) is 0. The number of rotatable bonds is 5. The molecule has 94 valence electrons. The van der Waals surface area contributed by atoms with Gasteiger partial charge in [-0.2, -0.15) is 0 Å². The zero-order valence-electron chi connectivity index (χ0n) is 9.27. The number of halogens is 1. The highest BCUT2D eigenvalue weighted by atomic mass is 19.1. The first-order valence-electron chi connectivity index (χ1n) is 4.92. The molecule has 1 rings (SSSR count). The first-order chi connectivity index (χ1) is 8.52. The number of carbonyl (C=O) groups is 1. The number of terminal acetylenes is 1. The third-order valence-corrected chi connectivity index (χ3v) is 1.89. The van der Waals surface area contributed by atoms with Crippen molar-refractivity contribution in [3.05, 3.63) is 34.1 Å². The van der Waals surface area contributed by atoms with Gasteiger partial charge in [0.25, 0.3) is 5.69 Å². The fourth-order valence-corrected chi connectivity index (χ4v) is 1.21. The number of anilines is 1. The molecule has 0 atom stereocenters. The van der Waals surface area contributed by atoms with Crippen molar-refractivity contribution < 1.29 is 14.1 Å². The molecular formula is C11H10FN3O3. The number of hydrogen-bond acceptors (Lipinski definition) is 4. The molecule has 0 radical (unpaired) electrons. The fraction of sp³-hybridized carbons (Fsp3) is 0.182. The Balaban J connectivity index is 2.70. The predicted octanol–water partition coefficient (Wildman–Crippen LogP) is 0.895. The van der Waals surface area contributed by atoms with Crippen molar-refractivity contribution in [2.45, 2.75) is 0 Å². The van der Waals surface area contributed by atoms with Crippen LogP contribution in [0.15, 0.2) is 18.2 Å². The van der Waals surface area contributed by atoms with Crippen molar-refractivity contribution >= 4 is 17.3 Å². The minimum absolute atomic E-state index is 0.0224. The Morgan fingerprint density at radius 2 is 2.22 bits per heavy atom. The standard InChI is InChI=1S/C11H10FN3O3/c1-2-3-13-7-11(16)14-9-4-8(12)5-10(6-9)15(17)18/h1,4-6,13H,3,7H2,(H,14,16). The van der Waals surface area contributed by atoms with E-state index in [1.54, 1.807) is 0 Å². The number of nitrogens with one attached hydrogen (secondary N) is 2. The Morgan fingerprint density at radius 3 is 2.83 bits per heavy atom. The highest BCUT2D eigenvalue weighted by Crippen LogP contribution is 2.19. The van der Waals surface area contributed by atoms with E-state index in [-0.39, 0.29) is 18.8 Å². The summed E-state index contributed by atoms with van der Waals surface area (Å²) in [5, 5.41) is 15.4. The van der Waals surface area contributed by atoms with Crippen LogP contribution in [0.2, 0.25) is 0 Å². The summed E-state index contributed by atoms with van der Waals surface area (Å²) in [6.45, 7) is 0.158. The van der Waals surface area contributed by atoms with Crippen molar-refractivity contribution in [3.8, 4) is 12.3 Å². The highest BCUT2D eigenvalue weighted by molar-refractivity contribution is 5.92. The summed E-state index contributed by atoms with van der Waals surface area (Å²) in [6.07, 6.45) is 4.97. The molecule has 0 saturated heterocycles. The molecule has 0 aromatic heterocycles. The molecule has 6 nitrogen and oxygen atoms in total. The monoisotopic (exact) mass is 251 g/mol. The Morgan fingerprint density at radius 1 is 1.50 bits per heavy atom. The van der Waals surface area contributed by atoms with E-state index in [9.17, 15) is 19.3 Å². The molecule has 7 heteroatoms. The average molecular weight is 251 g/mol. The van der Waals surface area contributed by atoms with Crippen molar-refractivity contribution in [1.29, 1.82) is 0 Å². The van der Waals surface area contributed by atoms with Gasteiger partial charge in [0.15, 0.2) is 0 Å². The SMILES string of the molecule is C#CCNCC(=O)Nc1cc(F)cc([N+](=O)[O-])c1. The Bertz CT molecular complexity index is 511. The summed E-state index contributed by atoms with van der Waals surface area (Å²) in [5.74, 6) is 1.02. The van der Waals surface area contributed by atoms with Gasteiger partial charge in [-0.15, -0.1) is 6.42 Å².